The van der Waals surface area contributed by atoms with Crippen LogP contribution in [0.4, 0.5) is 0 Å². The molecule has 5 atom stereocenters. The molecule has 0 N–H and O–H groups in total. The van der Waals surface area contributed by atoms with Crippen molar-refractivity contribution in [3.05, 3.63) is 53.3 Å². The number of piperidine rings is 1. The van der Waals surface area contributed by atoms with E-state index >= 15 is 0 Å². The molecule has 6 nitrogen and oxygen atoms in total. The third-order valence-corrected chi connectivity index (χ3v) is 8.61. The Hall–Kier alpha value is -2.63. The fraction of sp³-hybridized carbons (Fsp3) is 0.607. The van der Waals surface area contributed by atoms with Crippen LogP contribution < -0.4 is 0 Å². The van der Waals surface area contributed by atoms with Crippen molar-refractivity contribution in [1.82, 2.24) is 19.6 Å². The van der Waals surface area contributed by atoms with Gasteiger partial charge in [0.25, 0.3) is 5.91 Å². The molecule has 2 amide bonds. The van der Waals surface area contributed by atoms with Gasteiger partial charge in [0.2, 0.25) is 5.91 Å². The number of aryl methyl sites for hydroxylation is 1. The molecule has 1 aromatic carbocycles. The van der Waals surface area contributed by atoms with Crippen molar-refractivity contribution < 1.29 is 9.59 Å². The quantitative estimate of drug-likeness (QED) is 0.668. The van der Waals surface area contributed by atoms with Crippen LogP contribution in [0.25, 0.3) is 0 Å². The molecule has 5 rings (SSSR count). The molecule has 2 aromatic rings. The van der Waals surface area contributed by atoms with Gasteiger partial charge in [-0.05, 0) is 56.1 Å². The monoisotopic (exact) mass is 462 g/mol. The fourth-order valence-electron chi connectivity index (χ4n) is 7.30. The topological polar surface area (TPSA) is 58.4 Å². The lowest BCUT2D eigenvalue weighted by Crippen LogP contribution is -2.62. The smallest absolute Gasteiger partial charge is 0.272 e. The minimum absolute atomic E-state index is 0.0385. The summed E-state index contributed by atoms with van der Waals surface area (Å²) in [6.45, 7) is 8.38. The van der Waals surface area contributed by atoms with Crippen molar-refractivity contribution >= 4 is 11.8 Å². The van der Waals surface area contributed by atoms with E-state index in [9.17, 15) is 9.59 Å². The number of amides is 2. The number of carbonyl (C=O) groups excluding carboxylic acids is 2. The highest BCUT2D eigenvalue weighted by Crippen LogP contribution is 2.56. The maximum absolute atomic E-state index is 14.3. The van der Waals surface area contributed by atoms with Gasteiger partial charge in [-0.25, -0.2) is 0 Å². The second-order valence-electron chi connectivity index (χ2n) is 11.4. The van der Waals surface area contributed by atoms with Gasteiger partial charge in [0, 0.05) is 31.5 Å². The maximum atomic E-state index is 14.3. The number of carbonyl (C=O) groups is 2. The summed E-state index contributed by atoms with van der Waals surface area (Å²) >= 11 is 0. The van der Waals surface area contributed by atoms with Gasteiger partial charge in [-0.1, -0.05) is 51.1 Å². The standard InChI is InChI=1S/C28H38N4O2/c1-18(2)14-21-16-23(30(5)29-21)27(34)32-22(15-20-10-7-6-8-11-20)24-17-28(4)25(31(24)19(3)33)12-9-13-26(28)32/h6-8,10-11,16,18,22,24-26H,9,12-15,17H2,1-5H3/t22-,24-,25-,26+,28-/m0/s1. The molecule has 2 aliphatic heterocycles. The average Bonchev–Trinajstić information content (AvgIpc) is 3.29. The summed E-state index contributed by atoms with van der Waals surface area (Å²) in [5.41, 5.74) is 2.79. The molecule has 0 radical (unpaired) electrons. The van der Waals surface area contributed by atoms with Gasteiger partial charge in [0.15, 0.2) is 0 Å². The van der Waals surface area contributed by atoms with Crippen molar-refractivity contribution in [2.24, 2.45) is 18.4 Å². The molecular weight excluding hydrogens is 424 g/mol. The first-order chi connectivity index (χ1) is 16.2. The van der Waals surface area contributed by atoms with E-state index in [2.05, 4.69) is 59.9 Å². The first-order valence-corrected chi connectivity index (χ1v) is 12.9. The Kier molecular flexibility index (Phi) is 5.81. The summed E-state index contributed by atoms with van der Waals surface area (Å²) < 4.78 is 1.77. The number of likely N-dealkylation sites (tertiary alicyclic amines) is 2. The Morgan fingerprint density at radius 2 is 1.79 bits per heavy atom. The van der Waals surface area contributed by atoms with Crippen molar-refractivity contribution in [3.63, 3.8) is 0 Å². The number of benzene rings is 1. The molecule has 1 aromatic heterocycles. The van der Waals surface area contributed by atoms with Crippen LogP contribution in [-0.4, -0.2) is 55.6 Å². The first kappa shape index (κ1) is 23.1. The van der Waals surface area contributed by atoms with Gasteiger partial charge in [-0.15, -0.1) is 0 Å². The molecular formula is C28H38N4O2. The summed E-state index contributed by atoms with van der Waals surface area (Å²) in [6.07, 6.45) is 5.68. The Balaban J connectivity index is 1.59. The minimum atomic E-state index is -0.0587. The van der Waals surface area contributed by atoms with Gasteiger partial charge < -0.3 is 9.80 Å². The number of aromatic nitrogens is 2. The SMILES string of the molecule is CC(=O)N1[C@H]2CCC[C@H]3N(C(=O)c4cc(CC(C)C)nn4C)[C@@H](Cc4ccccc4)[C@@H]1C[C@@]23C. The van der Waals surface area contributed by atoms with Crippen LogP contribution in [0.15, 0.2) is 36.4 Å². The number of fused-ring (bicyclic) bond motifs is 1. The molecule has 0 unspecified atom stereocenters. The third kappa shape index (κ3) is 3.66. The van der Waals surface area contributed by atoms with Gasteiger partial charge in [-0.2, -0.15) is 5.10 Å². The summed E-state index contributed by atoms with van der Waals surface area (Å²) in [5.74, 6) is 0.695. The normalized spacial score (nSPS) is 30.2. The number of rotatable bonds is 5. The zero-order valence-electron chi connectivity index (χ0n) is 21.2. The predicted molar refractivity (Wildman–Crippen MR) is 132 cm³/mol. The zero-order chi connectivity index (χ0) is 24.2. The summed E-state index contributed by atoms with van der Waals surface area (Å²) in [7, 11) is 1.88. The van der Waals surface area contributed by atoms with E-state index in [4.69, 9.17) is 0 Å². The minimum Gasteiger partial charge on any atom is -0.334 e. The van der Waals surface area contributed by atoms with Crippen molar-refractivity contribution in [2.45, 2.75) is 90.4 Å². The van der Waals surface area contributed by atoms with Crippen LogP contribution in [0.2, 0.25) is 0 Å². The molecule has 6 heteroatoms. The van der Waals surface area contributed by atoms with Crippen LogP contribution in [0, 0.1) is 11.3 Å². The lowest BCUT2D eigenvalue weighted by Gasteiger charge is -2.53. The van der Waals surface area contributed by atoms with E-state index in [-0.39, 0.29) is 41.4 Å². The lowest BCUT2D eigenvalue weighted by atomic mass is 9.64. The summed E-state index contributed by atoms with van der Waals surface area (Å²) in [5, 5.41) is 4.67. The fourth-order valence-corrected chi connectivity index (χ4v) is 7.30. The Morgan fingerprint density at radius 3 is 2.44 bits per heavy atom. The second-order valence-corrected chi connectivity index (χ2v) is 11.4. The molecule has 182 valence electrons. The maximum Gasteiger partial charge on any atom is 0.272 e. The molecule has 2 saturated heterocycles. The largest absolute Gasteiger partial charge is 0.334 e. The van der Waals surface area contributed by atoms with Crippen molar-refractivity contribution in [3.8, 4) is 0 Å². The van der Waals surface area contributed by atoms with Crippen molar-refractivity contribution in [2.75, 3.05) is 0 Å². The van der Waals surface area contributed by atoms with E-state index in [1.807, 2.05) is 19.2 Å². The van der Waals surface area contributed by atoms with E-state index in [0.717, 1.165) is 44.2 Å². The molecule has 3 aliphatic rings. The number of hydrogen-bond donors (Lipinski definition) is 0. The molecule has 1 saturated carbocycles. The highest BCUT2D eigenvalue weighted by Gasteiger charge is 2.64. The van der Waals surface area contributed by atoms with Gasteiger partial charge in [0.05, 0.1) is 17.8 Å². The molecule has 1 aliphatic carbocycles. The Morgan fingerprint density at radius 1 is 1.12 bits per heavy atom. The summed E-state index contributed by atoms with van der Waals surface area (Å²) in [4.78, 5) is 31.6. The van der Waals surface area contributed by atoms with Crippen LogP contribution >= 0.6 is 0 Å². The van der Waals surface area contributed by atoms with Crippen LogP contribution in [0.3, 0.4) is 0 Å². The lowest BCUT2D eigenvalue weighted by molar-refractivity contribution is -0.133. The highest BCUT2D eigenvalue weighted by molar-refractivity contribution is 5.93. The molecule has 2 bridgehead atoms. The highest BCUT2D eigenvalue weighted by atomic mass is 16.2. The Labute approximate surface area is 203 Å². The van der Waals surface area contributed by atoms with Gasteiger partial charge >= 0.3 is 0 Å². The van der Waals surface area contributed by atoms with Gasteiger partial charge in [0.1, 0.15) is 5.69 Å². The number of hydrogen-bond acceptors (Lipinski definition) is 3. The van der Waals surface area contributed by atoms with E-state index in [1.54, 1.807) is 11.6 Å². The third-order valence-electron chi connectivity index (χ3n) is 8.61. The molecule has 0 spiro atoms. The first-order valence-electron chi connectivity index (χ1n) is 12.9. The zero-order valence-corrected chi connectivity index (χ0v) is 21.2. The van der Waals surface area contributed by atoms with E-state index in [0.29, 0.717) is 11.6 Å². The Bertz CT molecular complexity index is 1080. The second kappa shape index (κ2) is 8.54. The number of nitrogens with zero attached hydrogens (tertiary/aromatic N) is 4. The van der Waals surface area contributed by atoms with Crippen LogP contribution in [-0.2, 0) is 24.7 Å². The van der Waals surface area contributed by atoms with Crippen LogP contribution in [0.1, 0.15) is 75.1 Å². The average molecular weight is 463 g/mol. The molecule has 3 fully saturated rings. The van der Waals surface area contributed by atoms with E-state index < -0.39 is 0 Å². The van der Waals surface area contributed by atoms with Gasteiger partial charge in [-0.3, -0.25) is 14.3 Å². The molecule has 34 heavy (non-hydrogen) atoms. The molecule has 3 heterocycles. The van der Waals surface area contributed by atoms with Crippen molar-refractivity contribution in [1.29, 1.82) is 0 Å². The predicted octanol–water partition coefficient (Wildman–Crippen LogP) is 4.23. The van der Waals surface area contributed by atoms with Crippen LogP contribution in [0.5, 0.6) is 0 Å². The summed E-state index contributed by atoms with van der Waals surface area (Å²) in [6, 6.07) is 12.8. The van der Waals surface area contributed by atoms with E-state index in [1.165, 1.54) is 5.56 Å².